The molecule has 1 aromatic heterocycles. The number of ether oxygens (including phenoxy) is 1. The molecule has 3 N–H and O–H groups in total. The molecule has 1 heterocycles. The van der Waals surface area contributed by atoms with Gasteiger partial charge in [-0.25, -0.2) is 14.8 Å². The molecular weight excluding hydrogens is 308 g/mol. The Morgan fingerprint density at radius 1 is 1.12 bits per heavy atom. The van der Waals surface area contributed by atoms with Crippen LogP contribution in [-0.4, -0.2) is 27.9 Å². The average Bonchev–Trinajstić information content (AvgIpc) is 2.50. The highest BCUT2D eigenvalue weighted by molar-refractivity contribution is 5.98. The molecule has 1 unspecified atom stereocenters. The van der Waals surface area contributed by atoms with Crippen LogP contribution in [0.5, 0.6) is 0 Å². The second kappa shape index (κ2) is 7.08. The summed E-state index contributed by atoms with van der Waals surface area (Å²) >= 11 is 0. The van der Waals surface area contributed by atoms with E-state index in [2.05, 4.69) is 15.3 Å². The minimum Gasteiger partial charge on any atom is -0.448 e. The Kier molecular flexibility index (Phi) is 5.13. The first-order valence-electron chi connectivity index (χ1n) is 7.45. The lowest BCUT2D eigenvalue weighted by Crippen LogP contribution is -2.31. The van der Waals surface area contributed by atoms with Crippen molar-refractivity contribution in [1.82, 2.24) is 9.97 Å². The highest BCUT2D eigenvalue weighted by Gasteiger charge is 2.22. The van der Waals surface area contributed by atoms with Crippen LogP contribution < -0.4 is 11.1 Å². The van der Waals surface area contributed by atoms with Crippen molar-refractivity contribution in [1.29, 1.82) is 0 Å². The monoisotopic (exact) mass is 328 g/mol. The zero-order valence-electron chi connectivity index (χ0n) is 14.1. The molecule has 2 rings (SSSR count). The van der Waals surface area contributed by atoms with E-state index in [-0.39, 0.29) is 11.5 Å². The number of nitrogen functional groups attached to an aromatic ring is 1. The molecule has 0 fully saturated rings. The number of benzene rings is 1. The molecule has 0 bridgehead atoms. The first-order chi connectivity index (χ1) is 11.3. The van der Waals surface area contributed by atoms with Crippen LogP contribution in [0.25, 0.3) is 0 Å². The van der Waals surface area contributed by atoms with Crippen molar-refractivity contribution in [2.45, 2.75) is 33.8 Å². The number of esters is 1. The predicted octanol–water partition coefficient (Wildman–Crippen LogP) is 2.17. The van der Waals surface area contributed by atoms with Crippen LogP contribution in [0.2, 0.25) is 0 Å². The maximum atomic E-state index is 12.3. The average molecular weight is 328 g/mol. The number of aromatic nitrogens is 2. The molecule has 0 aliphatic carbocycles. The van der Waals surface area contributed by atoms with Crippen LogP contribution in [0.1, 0.15) is 34.1 Å². The van der Waals surface area contributed by atoms with E-state index in [9.17, 15) is 9.59 Å². The van der Waals surface area contributed by atoms with Gasteiger partial charge in [-0.1, -0.05) is 17.7 Å². The lowest BCUT2D eigenvalue weighted by molar-refractivity contribution is -0.123. The number of nitrogens with zero attached hydrogens (tertiary/aromatic N) is 2. The standard InChI is InChI=1S/C17H20N4O3/c1-9-7-10(2)13(11(3)8-9)21-16(22)12(4)24-17(23)14-15(18)20-6-5-19-14/h5-8,12H,1-4H3,(H2,18,20)(H,21,22). The summed E-state index contributed by atoms with van der Waals surface area (Å²) in [4.78, 5) is 31.9. The maximum absolute atomic E-state index is 12.3. The molecule has 0 radical (unpaired) electrons. The lowest BCUT2D eigenvalue weighted by Gasteiger charge is -2.16. The van der Waals surface area contributed by atoms with E-state index < -0.39 is 18.0 Å². The third-order valence-corrected chi connectivity index (χ3v) is 3.50. The van der Waals surface area contributed by atoms with Gasteiger partial charge in [-0.05, 0) is 38.8 Å². The Balaban J connectivity index is 2.08. The Morgan fingerprint density at radius 3 is 2.29 bits per heavy atom. The van der Waals surface area contributed by atoms with Crippen molar-refractivity contribution in [3.8, 4) is 0 Å². The maximum Gasteiger partial charge on any atom is 0.361 e. The van der Waals surface area contributed by atoms with Crippen molar-refractivity contribution >= 4 is 23.4 Å². The van der Waals surface area contributed by atoms with Crippen LogP contribution in [0.3, 0.4) is 0 Å². The smallest absolute Gasteiger partial charge is 0.361 e. The quantitative estimate of drug-likeness (QED) is 0.833. The molecule has 0 spiro atoms. The van der Waals surface area contributed by atoms with Gasteiger partial charge in [0.15, 0.2) is 17.6 Å². The van der Waals surface area contributed by atoms with Gasteiger partial charge in [0, 0.05) is 18.1 Å². The fourth-order valence-electron chi connectivity index (χ4n) is 2.38. The van der Waals surface area contributed by atoms with E-state index in [1.165, 1.54) is 19.3 Å². The molecule has 1 amide bonds. The van der Waals surface area contributed by atoms with E-state index in [1.54, 1.807) is 0 Å². The molecule has 0 saturated heterocycles. The van der Waals surface area contributed by atoms with Gasteiger partial charge < -0.3 is 15.8 Å². The first kappa shape index (κ1) is 17.4. The fraction of sp³-hybridized carbons (Fsp3) is 0.294. The summed E-state index contributed by atoms with van der Waals surface area (Å²) in [7, 11) is 0. The molecule has 126 valence electrons. The normalized spacial score (nSPS) is 11.7. The number of nitrogens with one attached hydrogen (secondary N) is 1. The van der Waals surface area contributed by atoms with Gasteiger partial charge in [0.2, 0.25) is 0 Å². The van der Waals surface area contributed by atoms with Crippen LogP contribution in [-0.2, 0) is 9.53 Å². The summed E-state index contributed by atoms with van der Waals surface area (Å²) in [5.74, 6) is -1.26. The second-order valence-electron chi connectivity index (χ2n) is 5.60. The number of hydrogen-bond acceptors (Lipinski definition) is 6. The van der Waals surface area contributed by atoms with Gasteiger partial charge in [-0.3, -0.25) is 4.79 Å². The third-order valence-electron chi connectivity index (χ3n) is 3.50. The number of rotatable bonds is 4. The van der Waals surface area contributed by atoms with E-state index in [0.717, 1.165) is 16.7 Å². The van der Waals surface area contributed by atoms with Crippen LogP contribution in [0, 0.1) is 20.8 Å². The molecule has 24 heavy (non-hydrogen) atoms. The highest BCUT2D eigenvalue weighted by atomic mass is 16.5. The molecule has 0 aliphatic heterocycles. The minimum absolute atomic E-state index is 0.0414. The molecule has 0 aliphatic rings. The Hall–Kier alpha value is -2.96. The number of carbonyl (C=O) groups excluding carboxylic acids is 2. The molecule has 1 atom stereocenters. The van der Waals surface area contributed by atoms with E-state index in [0.29, 0.717) is 5.69 Å². The largest absolute Gasteiger partial charge is 0.448 e. The Bertz CT molecular complexity index is 766. The second-order valence-corrected chi connectivity index (χ2v) is 5.60. The van der Waals surface area contributed by atoms with Crippen LogP contribution >= 0.6 is 0 Å². The van der Waals surface area contributed by atoms with Gasteiger partial charge >= 0.3 is 5.97 Å². The van der Waals surface area contributed by atoms with Gasteiger partial charge in [0.25, 0.3) is 5.91 Å². The van der Waals surface area contributed by atoms with Crippen LogP contribution in [0.4, 0.5) is 11.5 Å². The topological polar surface area (TPSA) is 107 Å². The third kappa shape index (κ3) is 3.87. The van der Waals surface area contributed by atoms with Gasteiger partial charge in [0.1, 0.15) is 0 Å². The van der Waals surface area contributed by atoms with Crippen LogP contribution in [0.15, 0.2) is 24.5 Å². The summed E-state index contributed by atoms with van der Waals surface area (Å²) in [6, 6.07) is 3.94. The Labute approximate surface area is 140 Å². The van der Waals surface area contributed by atoms with Gasteiger partial charge in [-0.2, -0.15) is 0 Å². The van der Waals surface area contributed by atoms with Crippen molar-refractivity contribution in [2.24, 2.45) is 0 Å². The highest BCUT2D eigenvalue weighted by Crippen LogP contribution is 2.22. The molecule has 0 saturated carbocycles. The van der Waals surface area contributed by atoms with E-state index in [4.69, 9.17) is 10.5 Å². The Morgan fingerprint density at radius 2 is 1.71 bits per heavy atom. The fourth-order valence-corrected chi connectivity index (χ4v) is 2.38. The van der Waals surface area contributed by atoms with Crippen molar-refractivity contribution in [2.75, 3.05) is 11.1 Å². The number of aryl methyl sites for hydroxylation is 3. The van der Waals surface area contributed by atoms with E-state index >= 15 is 0 Å². The lowest BCUT2D eigenvalue weighted by atomic mass is 10.0. The van der Waals surface area contributed by atoms with Gasteiger partial charge in [-0.15, -0.1) is 0 Å². The summed E-state index contributed by atoms with van der Waals surface area (Å²) < 4.78 is 5.12. The summed E-state index contributed by atoms with van der Waals surface area (Å²) in [5.41, 5.74) is 9.18. The number of anilines is 2. The number of nitrogens with two attached hydrogens (primary N) is 1. The zero-order chi connectivity index (χ0) is 17.9. The summed E-state index contributed by atoms with van der Waals surface area (Å²) in [6.07, 6.45) is 1.70. The predicted molar refractivity (Wildman–Crippen MR) is 90.6 cm³/mol. The summed E-state index contributed by atoms with van der Waals surface area (Å²) in [6.45, 7) is 7.29. The van der Waals surface area contributed by atoms with Crippen molar-refractivity contribution in [3.05, 3.63) is 46.9 Å². The zero-order valence-corrected chi connectivity index (χ0v) is 14.1. The molecule has 7 heteroatoms. The SMILES string of the molecule is Cc1cc(C)c(NC(=O)C(C)OC(=O)c2nccnc2N)c(C)c1. The molecule has 2 aromatic rings. The summed E-state index contributed by atoms with van der Waals surface area (Å²) in [5, 5.41) is 2.79. The van der Waals surface area contributed by atoms with Crippen molar-refractivity contribution in [3.63, 3.8) is 0 Å². The van der Waals surface area contributed by atoms with E-state index in [1.807, 2.05) is 32.9 Å². The first-order valence-corrected chi connectivity index (χ1v) is 7.45. The van der Waals surface area contributed by atoms with Crippen molar-refractivity contribution < 1.29 is 14.3 Å². The minimum atomic E-state index is -1.00. The molecule has 7 nitrogen and oxygen atoms in total. The number of carbonyl (C=O) groups is 2. The number of hydrogen-bond donors (Lipinski definition) is 2. The van der Waals surface area contributed by atoms with Gasteiger partial charge in [0.05, 0.1) is 0 Å². The molecular formula is C17H20N4O3. The number of amides is 1. The molecule has 1 aromatic carbocycles.